The van der Waals surface area contributed by atoms with E-state index in [1.165, 1.54) is 25.3 Å². The summed E-state index contributed by atoms with van der Waals surface area (Å²) >= 11 is 0. The molecular formula is C12H19N3O4S. The molecule has 1 aromatic rings. The zero-order valence-electron chi connectivity index (χ0n) is 11.6. The van der Waals surface area contributed by atoms with Crippen LogP contribution in [0.15, 0.2) is 23.1 Å². The number of methoxy groups -OCH3 is 1. The maximum atomic E-state index is 11.9. The molecule has 0 radical (unpaired) electrons. The molecule has 0 saturated heterocycles. The maximum Gasteiger partial charge on any atom is 0.241 e. The highest BCUT2D eigenvalue weighted by molar-refractivity contribution is 7.89. The molecule has 5 N–H and O–H groups in total. The number of hydrogen-bond donors (Lipinski definition) is 3. The van der Waals surface area contributed by atoms with Gasteiger partial charge in [0, 0.05) is 0 Å². The first-order valence-corrected chi connectivity index (χ1v) is 7.48. The van der Waals surface area contributed by atoms with E-state index in [4.69, 9.17) is 15.6 Å². The van der Waals surface area contributed by atoms with Gasteiger partial charge in [-0.2, -0.15) is 0 Å². The van der Waals surface area contributed by atoms with Crippen LogP contribution in [0.5, 0.6) is 5.75 Å². The highest BCUT2D eigenvalue weighted by Gasteiger charge is 2.20. The lowest BCUT2D eigenvalue weighted by molar-refractivity contribution is -0.118. The largest absolute Gasteiger partial charge is 0.495 e. The van der Waals surface area contributed by atoms with Gasteiger partial charge in [-0.1, -0.05) is 13.8 Å². The molecule has 20 heavy (non-hydrogen) atoms. The molecular weight excluding hydrogens is 282 g/mol. The van der Waals surface area contributed by atoms with Crippen LogP contribution in [0.2, 0.25) is 0 Å². The Morgan fingerprint density at radius 3 is 2.40 bits per heavy atom. The summed E-state index contributed by atoms with van der Waals surface area (Å²) in [5.41, 5.74) is 5.94. The van der Waals surface area contributed by atoms with Gasteiger partial charge in [0.2, 0.25) is 15.9 Å². The van der Waals surface area contributed by atoms with Gasteiger partial charge in [0.15, 0.2) is 0 Å². The Bertz CT molecular complexity index is 599. The second-order valence-electron chi connectivity index (χ2n) is 4.67. The first-order chi connectivity index (χ1) is 9.16. The van der Waals surface area contributed by atoms with Gasteiger partial charge >= 0.3 is 0 Å². The zero-order valence-corrected chi connectivity index (χ0v) is 12.4. The summed E-state index contributed by atoms with van der Waals surface area (Å²) < 4.78 is 27.7. The Morgan fingerprint density at radius 1 is 1.35 bits per heavy atom. The number of primary sulfonamides is 1. The number of benzene rings is 1. The van der Waals surface area contributed by atoms with Crippen molar-refractivity contribution in [2.75, 3.05) is 12.4 Å². The third kappa shape index (κ3) is 3.92. The summed E-state index contributed by atoms with van der Waals surface area (Å²) in [4.78, 5) is 11.8. The number of amides is 1. The number of carbonyl (C=O) groups excluding carboxylic acids is 1. The van der Waals surface area contributed by atoms with Crippen LogP contribution < -0.4 is 20.9 Å². The fourth-order valence-electron chi connectivity index (χ4n) is 1.48. The highest BCUT2D eigenvalue weighted by atomic mass is 32.2. The average molecular weight is 301 g/mol. The van der Waals surface area contributed by atoms with E-state index in [1.807, 2.05) is 13.8 Å². The van der Waals surface area contributed by atoms with Crippen molar-refractivity contribution in [2.24, 2.45) is 16.8 Å². The van der Waals surface area contributed by atoms with Crippen molar-refractivity contribution in [2.45, 2.75) is 24.8 Å². The quantitative estimate of drug-likeness (QED) is 0.719. The van der Waals surface area contributed by atoms with E-state index in [2.05, 4.69) is 5.32 Å². The number of anilines is 1. The lowest BCUT2D eigenvalue weighted by Crippen LogP contribution is -2.39. The fraction of sp³-hybridized carbons (Fsp3) is 0.417. The lowest BCUT2D eigenvalue weighted by Gasteiger charge is -2.17. The summed E-state index contributed by atoms with van der Waals surface area (Å²) in [5.74, 6) is -0.158. The molecule has 0 aliphatic heterocycles. The van der Waals surface area contributed by atoms with E-state index in [1.54, 1.807) is 0 Å². The third-order valence-electron chi connectivity index (χ3n) is 2.78. The summed E-state index contributed by atoms with van der Waals surface area (Å²) in [6.07, 6.45) is 0. The number of rotatable bonds is 5. The van der Waals surface area contributed by atoms with E-state index in [-0.39, 0.29) is 16.5 Å². The number of nitrogens with two attached hydrogens (primary N) is 2. The van der Waals surface area contributed by atoms with Crippen LogP contribution in [-0.4, -0.2) is 27.5 Å². The number of nitrogens with one attached hydrogen (secondary N) is 1. The number of carbonyl (C=O) groups is 1. The van der Waals surface area contributed by atoms with Gasteiger partial charge in [0.25, 0.3) is 0 Å². The van der Waals surface area contributed by atoms with Gasteiger partial charge in [-0.25, -0.2) is 13.6 Å². The Morgan fingerprint density at radius 2 is 1.95 bits per heavy atom. The minimum Gasteiger partial charge on any atom is -0.495 e. The SMILES string of the molecule is COc1ccc(S(N)(=O)=O)cc1NC(=O)C(N)C(C)C. The molecule has 0 aromatic heterocycles. The van der Waals surface area contributed by atoms with Crippen molar-refractivity contribution >= 4 is 21.6 Å². The van der Waals surface area contributed by atoms with Crippen molar-refractivity contribution in [3.8, 4) is 5.75 Å². The minimum absolute atomic E-state index is 0.0533. The Labute approximate surface area is 118 Å². The number of sulfonamides is 1. The van der Waals surface area contributed by atoms with Gasteiger partial charge < -0.3 is 15.8 Å². The van der Waals surface area contributed by atoms with Crippen LogP contribution in [0.4, 0.5) is 5.69 Å². The predicted molar refractivity (Wildman–Crippen MR) is 75.8 cm³/mol. The standard InChI is InChI=1S/C12H19N3O4S/c1-7(2)11(13)12(16)15-9-6-8(20(14,17)18)4-5-10(9)19-3/h4-7,11H,13H2,1-3H3,(H,15,16)(H2,14,17,18). The van der Waals surface area contributed by atoms with Gasteiger partial charge in [0.05, 0.1) is 23.7 Å². The van der Waals surface area contributed by atoms with Crippen LogP contribution in [0.3, 0.4) is 0 Å². The molecule has 0 spiro atoms. The Hall–Kier alpha value is -1.64. The zero-order chi connectivity index (χ0) is 15.5. The lowest BCUT2D eigenvalue weighted by atomic mass is 10.0. The molecule has 8 heteroatoms. The van der Waals surface area contributed by atoms with Crippen molar-refractivity contribution in [3.63, 3.8) is 0 Å². The maximum absolute atomic E-state index is 11.9. The first-order valence-electron chi connectivity index (χ1n) is 5.94. The van der Waals surface area contributed by atoms with Crippen molar-refractivity contribution < 1.29 is 17.9 Å². The molecule has 7 nitrogen and oxygen atoms in total. The topological polar surface area (TPSA) is 125 Å². The van der Waals surface area contributed by atoms with Crippen LogP contribution in [0.1, 0.15) is 13.8 Å². The van der Waals surface area contributed by atoms with Crippen molar-refractivity contribution in [1.29, 1.82) is 0 Å². The van der Waals surface area contributed by atoms with E-state index in [0.717, 1.165) is 0 Å². The molecule has 0 bridgehead atoms. The summed E-state index contributed by atoms with van der Waals surface area (Å²) in [6, 6.07) is 3.24. The smallest absolute Gasteiger partial charge is 0.241 e. The predicted octanol–water partition coefficient (Wildman–Crippen LogP) is 0.264. The molecule has 0 aliphatic rings. The number of hydrogen-bond acceptors (Lipinski definition) is 5. The molecule has 1 unspecified atom stereocenters. The number of ether oxygens (including phenoxy) is 1. The molecule has 1 atom stereocenters. The normalized spacial score (nSPS) is 13.1. The van der Waals surface area contributed by atoms with Crippen LogP contribution in [0, 0.1) is 5.92 Å². The summed E-state index contributed by atoms with van der Waals surface area (Å²) in [6.45, 7) is 3.62. The highest BCUT2D eigenvalue weighted by Crippen LogP contribution is 2.27. The van der Waals surface area contributed by atoms with Gasteiger partial charge in [0.1, 0.15) is 5.75 Å². The van der Waals surface area contributed by atoms with Crippen molar-refractivity contribution in [1.82, 2.24) is 0 Å². The summed E-state index contributed by atoms with van der Waals surface area (Å²) in [7, 11) is -2.45. The van der Waals surface area contributed by atoms with E-state index >= 15 is 0 Å². The third-order valence-corrected chi connectivity index (χ3v) is 3.69. The van der Waals surface area contributed by atoms with Gasteiger partial charge in [-0.3, -0.25) is 4.79 Å². The molecule has 0 aliphatic carbocycles. The van der Waals surface area contributed by atoms with E-state index < -0.39 is 22.0 Å². The molecule has 0 heterocycles. The second kappa shape index (κ2) is 6.21. The molecule has 0 fully saturated rings. The van der Waals surface area contributed by atoms with E-state index in [0.29, 0.717) is 5.75 Å². The second-order valence-corrected chi connectivity index (χ2v) is 6.23. The molecule has 112 valence electrons. The Kier molecular flexibility index (Phi) is 5.09. The van der Waals surface area contributed by atoms with Gasteiger partial charge in [-0.15, -0.1) is 0 Å². The molecule has 1 amide bonds. The van der Waals surface area contributed by atoms with Crippen molar-refractivity contribution in [3.05, 3.63) is 18.2 Å². The van der Waals surface area contributed by atoms with Crippen LogP contribution in [0.25, 0.3) is 0 Å². The summed E-state index contributed by atoms with van der Waals surface area (Å²) in [5, 5.41) is 7.60. The molecule has 0 saturated carbocycles. The van der Waals surface area contributed by atoms with Crippen LogP contribution >= 0.6 is 0 Å². The molecule has 1 aromatic carbocycles. The van der Waals surface area contributed by atoms with Gasteiger partial charge in [-0.05, 0) is 24.1 Å². The minimum atomic E-state index is -3.86. The van der Waals surface area contributed by atoms with Crippen LogP contribution in [-0.2, 0) is 14.8 Å². The molecule has 1 rings (SSSR count). The average Bonchev–Trinajstić information content (AvgIpc) is 2.36. The Balaban J connectivity index is 3.13. The monoisotopic (exact) mass is 301 g/mol. The fourth-order valence-corrected chi connectivity index (χ4v) is 2.02. The first kappa shape index (κ1) is 16.4. The van der Waals surface area contributed by atoms with E-state index in [9.17, 15) is 13.2 Å².